The topological polar surface area (TPSA) is 56.5 Å². The Labute approximate surface area is 111 Å². The average Bonchev–Trinajstić information content (AvgIpc) is 2.33. The highest BCUT2D eigenvalue weighted by Crippen LogP contribution is 2.17. The van der Waals surface area contributed by atoms with Gasteiger partial charge < -0.3 is 20.5 Å². The molecule has 1 aromatic rings. The zero-order chi connectivity index (χ0) is 12.3. The summed E-state index contributed by atoms with van der Waals surface area (Å²) in [6.07, 6.45) is 0. The maximum atomic E-state index is 5.52. The van der Waals surface area contributed by atoms with Gasteiger partial charge in [-0.2, -0.15) is 0 Å². The molecule has 5 heteroatoms. The van der Waals surface area contributed by atoms with E-state index in [1.165, 1.54) is 0 Å². The van der Waals surface area contributed by atoms with Crippen LogP contribution in [0, 0.1) is 0 Å². The molecule has 0 unspecified atom stereocenters. The summed E-state index contributed by atoms with van der Waals surface area (Å²) in [5.41, 5.74) is 5.34. The summed E-state index contributed by atoms with van der Waals surface area (Å²) >= 11 is 3.39. The first-order valence-corrected chi connectivity index (χ1v) is 6.49. The van der Waals surface area contributed by atoms with Crippen LogP contribution in [-0.4, -0.2) is 39.5 Å². The second-order valence-electron chi connectivity index (χ2n) is 3.46. The number of rotatable bonds is 9. The Morgan fingerprint density at radius 3 is 2.82 bits per heavy atom. The molecular weight excluding hydrogens is 284 g/mol. The molecule has 1 rings (SSSR count). The minimum Gasteiger partial charge on any atom is -0.491 e. The van der Waals surface area contributed by atoms with Gasteiger partial charge in [-0.1, -0.05) is 22.0 Å². The fourth-order valence-corrected chi connectivity index (χ4v) is 1.63. The van der Waals surface area contributed by atoms with Crippen molar-refractivity contribution in [3.05, 3.63) is 28.7 Å². The van der Waals surface area contributed by atoms with E-state index >= 15 is 0 Å². The van der Waals surface area contributed by atoms with Crippen LogP contribution < -0.4 is 15.8 Å². The lowest BCUT2D eigenvalue weighted by molar-refractivity contribution is 0.102. The highest BCUT2D eigenvalue weighted by molar-refractivity contribution is 9.10. The number of benzene rings is 1. The number of nitrogens with two attached hydrogens (primary N) is 1. The third-order valence-corrected chi connectivity index (χ3v) is 2.53. The Morgan fingerprint density at radius 2 is 2.06 bits per heavy atom. The Hall–Kier alpha value is -0.620. The van der Waals surface area contributed by atoms with Crippen molar-refractivity contribution in [2.75, 3.05) is 39.5 Å². The molecule has 0 bridgehead atoms. The van der Waals surface area contributed by atoms with E-state index in [9.17, 15) is 0 Å². The summed E-state index contributed by atoms with van der Waals surface area (Å²) in [4.78, 5) is 0. The van der Waals surface area contributed by atoms with Crippen molar-refractivity contribution in [3.63, 3.8) is 0 Å². The lowest BCUT2D eigenvalue weighted by atomic mass is 10.3. The number of ether oxygens (including phenoxy) is 2. The number of hydrogen-bond donors (Lipinski definition) is 2. The van der Waals surface area contributed by atoms with E-state index < -0.39 is 0 Å². The van der Waals surface area contributed by atoms with Crippen molar-refractivity contribution in [2.24, 2.45) is 5.73 Å². The molecule has 0 aliphatic carbocycles. The van der Waals surface area contributed by atoms with Gasteiger partial charge in [0.25, 0.3) is 0 Å². The van der Waals surface area contributed by atoms with Gasteiger partial charge in [0.1, 0.15) is 12.4 Å². The molecule has 17 heavy (non-hydrogen) atoms. The van der Waals surface area contributed by atoms with E-state index in [0.717, 1.165) is 23.3 Å². The van der Waals surface area contributed by atoms with Crippen LogP contribution in [0.15, 0.2) is 28.7 Å². The van der Waals surface area contributed by atoms with Gasteiger partial charge in [0.05, 0.1) is 13.2 Å². The normalized spacial score (nSPS) is 10.5. The summed E-state index contributed by atoms with van der Waals surface area (Å²) in [7, 11) is 0. The minimum absolute atomic E-state index is 0.563. The third-order valence-electron chi connectivity index (χ3n) is 2.04. The summed E-state index contributed by atoms with van der Waals surface area (Å²) in [5.74, 6) is 0.851. The van der Waals surface area contributed by atoms with Gasteiger partial charge in [-0.15, -0.1) is 0 Å². The molecule has 0 aromatic heterocycles. The van der Waals surface area contributed by atoms with Crippen LogP contribution in [0.4, 0.5) is 0 Å². The predicted octanol–water partition coefficient (Wildman–Crippen LogP) is 1.39. The Balaban J connectivity index is 1.97. The second kappa shape index (κ2) is 9.41. The van der Waals surface area contributed by atoms with Gasteiger partial charge in [0.15, 0.2) is 0 Å². The first kappa shape index (κ1) is 14.4. The standard InChI is InChI=1S/C12H19BrN2O2/c13-11-2-1-3-12(10-11)17-9-8-16-7-6-15-5-4-14/h1-3,10,15H,4-9,14H2. The molecule has 0 atom stereocenters. The molecule has 0 heterocycles. The van der Waals surface area contributed by atoms with Crippen molar-refractivity contribution in [1.29, 1.82) is 0 Å². The highest BCUT2D eigenvalue weighted by atomic mass is 79.9. The lowest BCUT2D eigenvalue weighted by Crippen LogP contribution is -2.26. The van der Waals surface area contributed by atoms with E-state index in [4.69, 9.17) is 15.2 Å². The van der Waals surface area contributed by atoms with Crippen LogP contribution in [0.5, 0.6) is 5.75 Å². The maximum Gasteiger partial charge on any atom is 0.120 e. The van der Waals surface area contributed by atoms with Crippen LogP contribution in [0.25, 0.3) is 0 Å². The van der Waals surface area contributed by atoms with Crippen LogP contribution in [0.1, 0.15) is 0 Å². The SMILES string of the molecule is NCCNCCOCCOc1cccc(Br)c1. The fraction of sp³-hybridized carbons (Fsp3) is 0.500. The molecule has 4 nitrogen and oxygen atoms in total. The van der Waals surface area contributed by atoms with E-state index in [0.29, 0.717) is 26.4 Å². The molecular formula is C12H19BrN2O2. The summed E-state index contributed by atoms with van der Waals surface area (Å²) in [6.45, 7) is 4.16. The van der Waals surface area contributed by atoms with Gasteiger partial charge in [0.2, 0.25) is 0 Å². The zero-order valence-corrected chi connectivity index (χ0v) is 11.4. The Kier molecular flexibility index (Phi) is 8.00. The highest BCUT2D eigenvalue weighted by Gasteiger charge is 1.94. The van der Waals surface area contributed by atoms with Crippen LogP contribution >= 0.6 is 15.9 Å². The van der Waals surface area contributed by atoms with E-state index in [1.807, 2.05) is 24.3 Å². The average molecular weight is 303 g/mol. The number of halogens is 1. The quantitative estimate of drug-likeness (QED) is 0.677. The molecule has 0 fully saturated rings. The Bertz CT molecular complexity index is 310. The molecule has 1 aromatic carbocycles. The van der Waals surface area contributed by atoms with Crippen molar-refractivity contribution >= 4 is 15.9 Å². The first-order valence-electron chi connectivity index (χ1n) is 5.70. The molecule has 0 saturated carbocycles. The summed E-state index contributed by atoms with van der Waals surface area (Å²) in [5, 5.41) is 3.15. The molecule has 3 N–H and O–H groups in total. The molecule has 0 spiro atoms. The minimum atomic E-state index is 0.563. The predicted molar refractivity (Wildman–Crippen MR) is 72.4 cm³/mol. The second-order valence-corrected chi connectivity index (χ2v) is 4.37. The van der Waals surface area contributed by atoms with Gasteiger partial charge >= 0.3 is 0 Å². The number of hydrogen-bond acceptors (Lipinski definition) is 4. The zero-order valence-electron chi connectivity index (χ0n) is 9.82. The van der Waals surface area contributed by atoms with E-state index in [1.54, 1.807) is 0 Å². The molecule has 0 aliphatic heterocycles. The van der Waals surface area contributed by atoms with E-state index in [2.05, 4.69) is 21.2 Å². The molecule has 0 amide bonds. The van der Waals surface area contributed by atoms with Crippen LogP contribution in [0.2, 0.25) is 0 Å². The number of nitrogens with one attached hydrogen (secondary N) is 1. The molecule has 0 aliphatic rings. The molecule has 96 valence electrons. The largest absolute Gasteiger partial charge is 0.491 e. The summed E-state index contributed by atoms with van der Waals surface area (Å²) in [6, 6.07) is 7.76. The molecule has 0 saturated heterocycles. The van der Waals surface area contributed by atoms with Crippen LogP contribution in [0.3, 0.4) is 0 Å². The smallest absolute Gasteiger partial charge is 0.120 e. The van der Waals surface area contributed by atoms with E-state index in [-0.39, 0.29) is 0 Å². The van der Waals surface area contributed by atoms with Gasteiger partial charge in [-0.05, 0) is 18.2 Å². The first-order chi connectivity index (χ1) is 8.33. The summed E-state index contributed by atoms with van der Waals surface area (Å²) < 4.78 is 11.9. The van der Waals surface area contributed by atoms with Gasteiger partial charge in [0, 0.05) is 24.1 Å². The van der Waals surface area contributed by atoms with Gasteiger partial charge in [-0.3, -0.25) is 0 Å². The van der Waals surface area contributed by atoms with Crippen molar-refractivity contribution in [1.82, 2.24) is 5.32 Å². The Morgan fingerprint density at radius 1 is 1.18 bits per heavy atom. The van der Waals surface area contributed by atoms with Crippen molar-refractivity contribution in [2.45, 2.75) is 0 Å². The monoisotopic (exact) mass is 302 g/mol. The van der Waals surface area contributed by atoms with Crippen molar-refractivity contribution in [3.8, 4) is 5.75 Å². The maximum absolute atomic E-state index is 5.52. The van der Waals surface area contributed by atoms with Gasteiger partial charge in [-0.25, -0.2) is 0 Å². The molecule has 0 radical (unpaired) electrons. The fourth-order valence-electron chi connectivity index (χ4n) is 1.25. The van der Waals surface area contributed by atoms with Crippen LogP contribution in [-0.2, 0) is 4.74 Å². The third kappa shape index (κ3) is 7.33. The lowest BCUT2D eigenvalue weighted by Gasteiger charge is -2.07. The van der Waals surface area contributed by atoms with Crippen molar-refractivity contribution < 1.29 is 9.47 Å².